The van der Waals surface area contributed by atoms with Gasteiger partial charge < -0.3 is 20.0 Å². The minimum Gasteiger partial charge on any atom is -0.489 e. The second-order valence-corrected chi connectivity index (χ2v) is 7.28. The Labute approximate surface area is 178 Å². The van der Waals surface area contributed by atoms with Gasteiger partial charge in [-0.25, -0.2) is 4.39 Å². The van der Waals surface area contributed by atoms with Gasteiger partial charge in [0, 0.05) is 34.8 Å². The maximum atomic E-state index is 14.9. The van der Waals surface area contributed by atoms with E-state index in [-0.39, 0.29) is 25.3 Å². The van der Waals surface area contributed by atoms with Crippen molar-refractivity contribution in [3.05, 3.63) is 83.1 Å². The summed E-state index contributed by atoms with van der Waals surface area (Å²) in [7, 11) is 0. The standard InChI is InChI=1S/C24H21FN2O4/c1-14-2-3-16(11-22(28)29)21(8-14)31-13-15-9-17-5-7-30-24(17)19(10-15)18-4-6-27-20(12-26)23(18)25/h2-10H,11-13,26H2,1H3,(H,28,29). The number of carbonyl (C=O) groups is 1. The van der Waals surface area contributed by atoms with Crippen molar-refractivity contribution in [3.63, 3.8) is 0 Å². The van der Waals surface area contributed by atoms with E-state index < -0.39 is 11.8 Å². The molecule has 7 heteroatoms. The molecule has 2 aromatic carbocycles. The Morgan fingerprint density at radius 1 is 1.19 bits per heavy atom. The highest BCUT2D eigenvalue weighted by molar-refractivity contribution is 5.93. The number of rotatable bonds is 7. The molecule has 0 atom stereocenters. The molecule has 0 radical (unpaired) electrons. The Bertz CT molecular complexity index is 1270. The Balaban J connectivity index is 1.71. The molecule has 0 unspecified atom stereocenters. The molecular formula is C24H21FN2O4. The number of halogens is 1. The minimum absolute atomic E-state index is 0.0104. The number of hydrogen-bond acceptors (Lipinski definition) is 5. The average Bonchev–Trinajstić information content (AvgIpc) is 3.22. The number of aromatic nitrogens is 1. The largest absolute Gasteiger partial charge is 0.489 e. The topological polar surface area (TPSA) is 98.6 Å². The number of nitrogens with zero attached hydrogens (tertiary/aromatic N) is 1. The summed E-state index contributed by atoms with van der Waals surface area (Å²) in [6, 6.07) is 12.5. The summed E-state index contributed by atoms with van der Waals surface area (Å²) in [5.41, 5.74) is 9.60. The lowest BCUT2D eigenvalue weighted by Gasteiger charge is -2.13. The summed E-state index contributed by atoms with van der Waals surface area (Å²) in [6.45, 7) is 2.08. The van der Waals surface area contributed by atoms with E-state index in [0.717, 1.165) is 16.5 Å². The lowest BCUT2D eigenvalue weighted by Crippen LogP contribution is -2.05. The van der Waals surface area contributed by atoms with E-state index in [0.29, 0.717) is 28.0 Å². The van der Waals surface area contributed by atoms with E-state index in [1.54, 1.807) is 30.5 Å². The highest BCUT2D eigenvalue weighted by atomic mass is 19.1. The van der Waals surface area contributed by atoms with Crippen LogP contribution in [0.2, 0.25) is 0 Å². The van der Waals surface area contributed by atoms with Gasteiger partial charge in [-0.15, -0.1) is 0 Å². The van der Waals surface area contributed by atoms with Crippen molar-refractivity contribution < 1.29 is 23.4 Å². The van der Waals surface area contributed by atoms with Crippen molar-refractivity contribution in [1.29, 1.82) is 0 Å². The third kappa shape index (κ3) is 4.27. The first kappa shape index (κ1) is 20.6. The number of carboxylic acid groups (broad SMARTS) is 1. The number of aliphatic carboxylic acids is 1. The zero-order valence-corrected chi connectivity index (χ0v) is 16.9. The Kier molecular flexibility index (Phi) is 5.68. The minimum atomic E-state index is -0.931. The molecule has 4 aromatic rings. The van der Waals surface area contributed by atoms with Crippen LogP contribution >= 0.6 is 0 Å². The highest BCUT2D eigenvalue weighted by Gasteiger charge is 2.16. The number of nitrogens with two attached hydrogens (primary N) is 1. The van der Waals surface area contributed by atoms with Crippen molar-refractivity contribution in [2.45, 2.75) is 26.5 Å². The summed E-state index contributed by atoms with van der Waals surface area (Å²) >= 11 is 0. The number of aryl methyl sites for hydroxylation is 1. The SMILES string of the molecule is Cc1ccc(CC(=O)O)c(OCc2cc(-c3ccnc(CN)c3F)c3occc3c2)c1. The van der Waals surface area contributed by atoms with Crippen LogP contribution in [0, 0.1) is 12.7 Å². The first-order chi connectivity index (χ1) is 15.0. The van der Waals surface area contributed by atoms with Crippen LogP contribution < -0.4 is 10.5 Å². The van der Waals surface area contributed by atoms with E-state index in [1.165, 1.54) is 6.20 Å². The molecule has 2 aromatic heterocycles. The molecule has 0 aliphatic heterocycles. The monoisotopic (exact) mass is 420 g/mol. The summed E-state index contributed by atoms with van der Waals surface area (Å²) < 4.78 is 26.5. The number of ether oxygens (including phenoxy) is 1. The van der Waals surface area contributed by atoms with Crippen molar-refractivity contribution >= 4 is 16.9 Å². The summed E-state index contributed by atoms with van der Waals surface area (Å²) in [5, 5.41) is 9.96. The van der Waals surface area contributed by atoms with Gasteiger partial charge in [0.1, 0.15) is 17.9 Å². The quantitative estimate of drug-likeness (QED) is 0.453. The van der Waals surface area contributed by atoms with E-state index in [2.05, 4.69) is 4.98 Å². The van der Waals surface area contributed by atoms with Crippen LogP contribution in [0.3, 0.4) is 0 Å². The molecule has 0 amide bonds. The van der Waals surface area contributed by atoms with Gasteiger partial charge in [0.2, 0.25) is 0 Å². The van der Waals surface area contributed by atoms with Gasteiger partial charge in [0.05, 0.1) is 18.4 Å². The van der Waals surface area contributed by atoms with Crippen molar-refractivity contribution in [2.24, 2.45) is 5.73 Å². The summed E-state index contributed by atoms with van der Waals surface area (Å²) in [4.78, 5) is 15.2. The van der Waals surface area contributed by atoms with E-state index in [4.69, 9.17) is 20.0 Å². The second-order valence-electron chi connectivity index (χ2n) is 7.28. The van der Waals surface area contributed by atoms with Gasteiger partial charge in [-0.2, -0.15) is 0 Å². The van der Waals surface area contributed by atoms with Crippen LogP contribution in [-0.4, -0.2) is 16.1 Å². The molecule has 3 N–H and O–H groups in total. The summed E-state index contributed by atoms with van der Waals surface area (Å²) in [6.07, 6.45) is 2.93. The van der Waals surface area contributed by atoms with E-state index in [1.807, 2.05) is 25.1 Å². The van der Waals surface area contributed by atoms with E-state index in [9.17, 15) is 9.18 Å². The van der Waals surface area contributed by atoms with E-state index >= 15 is 0 Å². The fourth-order valence-corrected chi connectivity index (χ4v) is 3.53. The molecule has 0 aliphatic carbocycles. The fraction of sp³-hybridized carbons (Fsp3) is 0.167. The molecule has 0 saturated carbocycles. The van der Waals surface area contributed by atoms with Crippen LogP contribution in [0.1, 0.15) is 22.4 Å². The van der Waals surface area contributed by atoms with Gasteiger partial charge >= 0.3 is 5.97 Å². The molecule has 4 rings (SSSR count). The van der Waals surface area contributed by atoms with Crippen LogP contribution in [0.15, 0.2) is 59.3 Å². The molecule has 158 valence electrons. The Morgan fingerprint density at radius 2 is 2.03 bits per heavy atom. The molecule has 0 fully saturated rings. The average molecular weight is 420 g/mol. The van der Waals surface area contributed by atoms with Crippen molar-refractivity contribution in [3.8, 4) is 16.9 Å². The number of carboxylic acids is 1. The van der Waals surface area contributed by atoms with Gasteiger partial charge in [0.25, 0.3) is 0 Å². The number of furan rings is 1. The first-order valence-corrected chi connectivity index (χ1v) is 9.74. The molecule has 0 spiro atoms. The van der Waals surface area contributed by atoms with Crippen LogP contribution in [0.25, 0.3) is 22.1 Å². The molecule has 0 bridgehead atoms. The third-order valence-corrected chi connectivity index (χ3v) is 5.01. The lowest BCUT2D eigenvalue weighted by molar-refractivity contribution is -0.136. The van der Waals surface area contributed by atoms with Crippen LogP contribution in [0.5, 0.6) is 5.75 Å². The smallest absolute Gasteiger partial charge is 0.307 e. The zero-order chi connectivity index (χ0) is 22.0. The predicted molar refractivity (Wildman–Crippen MR) is 114 cm³/mol. The highest BCUT2D eigenvalue weighted by Crippen LogP contribution is 2.34. The van der Waals surface area contributed by atoms with Crippen molar-refractivity contribution in [1.82, 2.24) is 4.98 Å². The maximum Gasteiger partial charge on any atom is 0.307 e. The van der Waals surface area contributed by atoms with Gasteiger partial charge in [0.15, 0.2) is 5.82 Å². The number of hydrogen-bond donors (Lipinski definition) is 2. The number of pyridine rings is 1. The molecule has 6 nitrogen and oxygen atoms in total. The number of benzene rings is 2. The third-order valence-electron chi connectivity index (χ3n) is 5.01. The number of fused-ring (bicyclic) bond motifs is 1. The zero-order valence-electron chi connectivity index (χ0n) is 16.9. The molecule has 0 aliphatic rings. The molecular weight excluding hydrogens is 399 g/mol. The predicted octanol–water partition coefficient (Wildman–Crippen LogP) is 4.61. The van der Waals surface area contributed by atoms with Crippen molar-refractivity contribution in [2.75, 3.05) is 0 Å². The fourth-order valence-electron chi connectivity index (χ4n) is 3.53. The second kappa shape index (κ2) is 8.57. The Hall–Kier alpha value is -3.71. The lowest BCUT2D eigenvalue weighted by atomic mass is 10.00. The van der Waals surface area contributed by atoms with Crippen LogP contribution in [0.4, 0.5) is 4.39 Å². The molecule has 31 heavy (non-hydrogen) atoms. The Morgan fingerprint density at radius 3 is 2.81 bits per heavy atom. The van der Waals surface area contributed by atoms with Gasteiger partial charge in [-0.05, 0) is 48.4 Å². The normalized spacial score (nSPS) is 11.1. The van der Waals surface area contributed by atoms with Gasteiger partial charge in [-0.1, -0.05) is 12.1 Å². The van der Waals surface area contributed by atoms with Crippen LogP contribution in [-0.2, 0) is 24.4 Å². The summed E-state index contributed by atoms with van der Waals surface area (Å²) in [5.74, 6) is -0.903. The first-order valence-electron chi connectivity index (χ1n) is 9.74. The molecule has 0 saturated heterocycles. The molecule has 2 heterocycles. The van der Waals surface area contributed by atoms with Gasteiger partial charge in [-0.3, -0.25) is 9.78 Å². The maximum absolute atomic E-state index is 14.9.